The molecule has 138 valence electrons. The first-order chi connectivity index (χ1) is 12.1. The van der Waals surface area contributed by atoms with Crippen molar-refractivity contribution in [1.29, 1.82) is 0 Å². The van der Waals surface area contributed by atoms with Crippen molar-refractivity contribution in [3.8, 4) is 0 Å². The molecule has 1 aliphatic heterocycles. The summed E-state index contributed by atoms with van der Waals surface area (Å²) in [4.78, 5) is 30.4. The Morgan fingerprint density at radius 2 is 2.08 bits per heavy atom. The number of carbonyl (C=O) groups excluding carboxylic acids is 2. The van der Waals surface area contributed by atoms with Crippen LogP contribution in [0.4, 0.5) is 0 Å². The normalized spacial score (nSPS) is 21.5. The largest absolute Gasteiger partial charge is 0.356 e. The molecule has 2 fully saturated rings. The molecular formula is C19H29N3O2S. The van der Waals surface area contributed by atoms with Crippen molar-refractivity contribution in [2.24, 2.45) is 5.92 Å². The van der Waals surface area contributed by atoms with E-state index in [4.69, 9.17) is 4.98 Å². The maximum absolute atomic E-state index is 12.6. The molecule has 6 heteroatoms. The minimum absolute atomic E-state index is 0.000787. The summed E-state index contributed by atoms with van der Waals surface area (Å²) in [5.41, 5.74) is 1.04. The zero-order valence-electron chi connectivity index (χ0n) is 15.1. The average molecular weight is 364 g/mol. The van der Waals surface area contributed by atoms with Crippen LogP contribution in [0.1, 0.15) is 68.5 Å². The zero-order valence-corrected chi connectivity index (χ0v) is 15.9. The lowest BCUT2D eigenvalue weighted by Gasteiger charge is -2.32. The van der Waals surface area contributed by atoms with Gasteiger partial charge in [0, 0.05) is 50.7 Å². The van der Waals surface area contributed by atoms with Gasteiger partial charge in [-0.1, -0.05) is 12.8 Å². The summed E-state index contributed by atoms with van der Waals surface area (Å²) in [5, 5.41) is 6.05. The molecule has 2 amide bonds. The van der Waals surface area contributed by atoms with Crippen LogP contribution in [0, 0.1) is 5.92 Å². The van der Waals surface area contributed by atoms with Crippen molar-refractivity contribution in [2.45, 2.75) is 64.2 Å². The Morgan fingerprint density at radius 1 is 1.28 bits per heavy atom. The van der Waals surface area contributed by atoms with Gasteiger partial charge >= 0.3 is 0 Å². The summed E-state index contributed by atoms with van der Waals surface area (Å²) in [6, 6.07) is 0. The SMILES string of the molecule is CC(=O)NCCc1csc([C@@H]2CCCN(C(=O)CC3CCCC3)C2)n1. The van der Waals surface area contributed by atoms with Gasteiger partial charge in [-0.2, -0.15) is 0 Å². The van der Waals surface area contributed by atoms with Gasteiger partial charge in [0.2, 0.25) is 11.8 Å². The van der Waals surface area contributed by atoms with Gasteiger partial charge in [0.05, 0.1) is 10.7 Å². The first-order valence-corrected chi connectivity index (χ1v) is 10.5. The maximum atomic E-state index is 12.6. The van der Waals surface area contributed by atoms with Crippen molar-refractivity contribution in [3.63, 3.8) is 0 Å². The third-order valence-corrected chi connectivity index (χ3v) is 6.44. The number of nitrogens with zero attached hydrogens (tertiary/aromatic N) is 2. The third-order valence-electron chi connectivity index (χ3n) is 5.39. The van der Waals surface area contributed by atoms with E-state index < -0.39 is 0 Å². The van der Waals surface area contributed by atoms with Crippen LogP contribution in [0.15, 0.2) is 5.38 Å². The van der Waals surface area contributed by atoms with Crippen LogP contribution in [-0.2, 0) is 16.0 Å². The number of piperidine rings is 1. The van der Waals surface area contributed by atoms with E-state index in [1.165, 1.54) is 32.6 Å². The topological polar surface area (TPSA) is 62.3 Å². The maximum Gasteiger partial charge on any atom is 0.222 e. The molecular weight excluding hydrogens is 334 g/mol. The molecule has 1 atom stereocenters. The van der Waals surface area contributed by atoms with E-state index in [-0.39, 0.29) is 5.91 Å². The van der Waals surface area contributed by atoms with Crippen LogP contribution in [0.5, 0.6) is 0 Å². The molecule has 0 radical (unpaired) electrons. The molecule has 3 rings (SSSR count). The standard InChI is InChI=1S/C19H29N3O2S/c1-14(23)20-9-8-17-13-25-19(21-17)16-7-4-10-22(12-16)18(24)11-15-5-2-3-6-15/h13,15-16H,2-12H2,1H3,(H,20,23)/t16-/m1/s1. The molecule has 0 aromatic carbocycles. The Balaban J connectivity index is 1.51. The van der Waals surface area contributed by atoms with Crippen molar-refractivity contribution < 1.29 is 9.59 Å². The molecule has 0 spiro atoms. The fourth-order valence-electron chi connectivity index (χ4n) is 3.99. The molecule has 2 heterocycles. The average Bonchev–Trinajstić information content (AvgIpc) is 3.26. The van der Waals surface area contributed by atoms with Crippen LogP contribution < -0.4 is 5.32 Å². The number of carbonyl (C=O) groups is 2. The smallest absolute Gasteiger partial charge is 0.222 e. The summed E-state index contributed by atoms with van der Waals surface area (Å²) in [7, 11) is 0. The van der Waals surface area contributed by atoms with E-state index in [1.807, 2.05) is 0 Å². The summed E-state index contributed by atoms with van der Waals surface area (Å²) in [6.07, 6.45) is 8.75. The van der Waals surface area contributed by atoms with Crippen molar-refractivity contribution in [3.05, 3.63) is 16.1 Å². The number of thiazole rings is 1. The van der Waals surface area contributed by atoms with E-state index >= 15 is 0 Å². The second-order valence-electron chi connectivity index (χ2n) is 7.44. The minimum Gasteiger partial charge on any atom is -0.356 e. The fraction of sp³-hybridized carbons (Fsp3) is 0.737. The highest BCUT2D eigenvalue weighted by Gasteiger charge is 2.28. The number of rotatable bonds is 6. The highest BCUT2D eigenvalue weighted by molar-refractivity contribution is 7.09. The highest BCUT2D eigenvalue weighted by Crippen LogP contribution is 2.32. The van der Waals surface area contributed by atoms with Gasteiger partial charge < -0.3 is 10.2 Å². The summed E-state index contributed by atoms with van der Waals surface area (Å²) in [6.45, 7) is 3.90. The van der Waals surface area contributed by atoms with Crippen molar-refractivity contribution in [1.82, 2.24) is 15.2 Å². The monoisotopic (exact) mass is 363 g/mol. The molecule has 1 N–H and O–H groups in total. The van der Waals surface area contributed by atoms with E-state index in [0.717, 1.165) is 49.5 Å². The molecule has 1 aliphatic carbocycles. The summed E-state index contributed by atoms with van der Waals surface area (Å²) < 4.78 is 0. The van der Waals surface area contributed by atoms with E-state index in [9.17, 15) is 9.59 Å². The molecule has 0 unspecified atom stereocenters. The number of nitrogens with one attached hydrogen (secondary N) is 1. The van der Waals surface area contributed by atoms with E-state index in [1.54, 1.807) is 11.3 Å². The van der Waals surface area contributed by atoms with Gasteiger partial charge in [-0.15, -0.1) is 11.3 Å². The van der Waals surface area contributed by atoms with Crippen LogP contribution in [0.3, 0.4) is 0 Å². The Bertz CT molecular complexity index is 595. The lowest BCUT2D eigenvalue weighted by Crippen LogP contribution is -2.39. The van der Waals surface area contributed by atoms with Gasteiger partial charge in [-0.25, -0.2) is 4.98 Å². The molecule has 25 heavy (non-hydrogen) atoms. The van der Waals surface area contributed by atoms with Gasteiger partial charge in [0.25, 0.3) is 0 Å². The molecule has 1 aromatic heterocycles. The van der Waals surface area contributed by atoms with Gasteiger partial charge in [0.1, 0.15) is 0 Å². The molecule has 2 aliphatic rings. The molecule has 1 saturated heterocycles. The van der Waals surface area contributed by atoms with E-state index in [0.29, 0.717) is 24.3 Å². The molecule has 1 saturated carbocycles. The van der Waals surface area contributed by atoms with Crippen molar-refractivity contribution >= 4 is 23.2 Å². The van der Waals surface area contributed by atoms with Crippen LogP contribution in [0.25, 0.3) is 0 Å². The fourth-order valence-corrected chi connectivity index (χ4v) is 4.97. The lowest BCUT2D eigenvalue weighted by molar-refractivity contribution is -0.133. The first-order valence-electron chi connectivity index (χ1n) is 9.58. The van der Waals surface area contributed by atoms with Gasteiger partial charge in [0.15, 0.2) is 0 Å². The lowest BCUT2D eigenvalue weighted by atomic mass is 9.97. The predicted octanol–water partition coefficient (Wildman–Crippen LogP) is 3.11. The second-order valence-corrected chi connectivity index (χ2v) is 8.33. The first kappa shape index (κ1) is 18.4. The molecule has 1 aromatic rings. The predicted molar refractivity (Wildman–Crippen MR) is 99.6 cm³/mol. The van der Waals surface area contributed by atoms with Gasteiger partial charge in [-0.3, -0.25) is 9.59 Å². The number of likely N-dealkylation sites (tertiary alicyclic amines) is 1. The summed E-state index contributed by atoms with van der Waals surface area (Å²) in [5.74, 6) is 1.34. The quantitative estimate of drug-likeness (QED) is 0.845. The molecule has 0 bridgehead atoms. The number of hydrogen-bond acceptors (Lipinski definition) is 4. The Kier molecular flexibility index (Phi) is 6.45. The molecule has 5 nitrogen and oxygen atoms in total. The minimum atomic E-state index is -0.000787. The Morgan fingerprint density at radius 3 is 2.84 bits per heavy atom. The Labute approximate surface area is 154 Å². The second kappa shape index (κ2) is 8.79. The Hall–Kier alpha value is -1.43. The third kappa shape index (κ3) is 5.27. The van der Waals surface area contributed by atoms with Crippen LogP contribution in [0.2, 0.25) is 0 Å². The highest BCUT2D eigenvalue weighted by atomic mass is 32.1. The van der Waals surface area contributed by atoms with Crippen molar-refractivity contribution in [2.75, 3.05) is 19.6 Å². The van der Waals surface area contributed by atoms with Crippen LogP contribution >= 0.6 is 11.3 Å². The van der Waals surface area contributed by atoms with Gasteiger partial charge in [-0.05, 0) is 31.6 Å². The van der Waals surface area contributed by atoms with Crippen LogP contribution in [-0.4, -0.2) is 41.3 Å². The van der Waals surface area contributed by atoms with E-state index in [2.05, 4.69) is 15.6 Å². The number of aromatic nitrogens is 1. The summed E-state index contributed by atoms with van der Waals surface area (Å²) >= 11 is 1.70. The zero-order chi connectivity index (χ0) is 17.6. The number of amides is 2. The number of hydrogen-bond donors (Lipinski definition) is 1.